The van der Waals surface area contributed by atoms with Crippen molar-refractivity contribution >= 4 is 17.5 Å². The van der Waals surface area contributed by atoms with Gasteiger partial charge in [-0.2, -0.15) is 0 Å². The van der Waals surface area contributed by atoms with E-state index in [1.54, 1.807) is 99.6 Å². The van der Waals surface area contributed by atoms with Gasteiger partial charge in [-0.3, -0.25) is 9.59 Å². The number of carboxylic acids is 2. The van der Waals surface area contributed by atoms with Gasteiger partial charge in [0.15, 0.2) is 0 Å². The Morgan fingerprint density at radius 3 is 1.41 bits per heavy atom. The molecular formula is C48H50F6N2O10. The molecule has 18 heteroatoms. The van der Waals surface area contributed by atoms with Gasteiger partial charge in [-0.05, 0) is 82.6 Å². The summed E-state index contributed by atoms with van der Waals surface area (Å²) < 4.78 is 106. The summed E-state index contributed by atoms with van der Waals surface area (Å²) in [6.45, 7) is 8.87. The number of ether oxygens (including phenoxy) is 4. The van der Waals surface area contributed by atoms with Gasteiger partial charge in [0.2, 0.25) is 0 Å². The second-order valence-electron chi connectivity index (χ2n) is 14.6. The molecule has 0 saturated heterocycles. The Morgan fingerprint density at radius 1 is 0.636 bits per heavy atom. The predicted molar refractivity (Wildman–Crippen MR) is 231 cm³/mol. The van der Waals surface area contributed by atoms with Gasteiger partial charge in [-0.15, -0.1) is 26.3 Å². The number of hydrogen-bond donors (Lipinski definition) is 2. The highest BCUT2D eigenvalue weighted by Crippen LogP contribution is 2.35. The minimum absolute atomic E-state index is 0. The molecule has 0 bridgehead atoms. The maximum atomic E-state index is 12.8. The van der Waals surface area contributed by atoms with E-state index in [9.17, 15) is 46.1 Å². The van der Waals surface area contributed by atoms with Crippen molar-refractivity contribution in [3.8, 4) is 23.0 Å². The molecule has 0 aliphatic heterocycles. The summed E-state index contributed by atoms with van der Waals surface area (Å²) in [4.78, 5) is 22.4. The summed E-state index contributed by atoms with van der Waals surface area (Å²) in [5, 5.41) is 26.0. The molecule has 6 rings (SSSR count). The molecule has 66 heavy (non-hydrogen) atoms. The Bertz CT molecular complexity index is 2450. The fourth-order valence-electron chi connectivity index (χ4n) is 6.44. The number of carboxylic acid groups (broad SMARTS) is 2. The Balaban J connectivity index is 0.000000340. The van der Waals surface area contributed by atoms with Gasteiger partial charge in [0.25, 0.3) is 0 Å². The molecule has 0 unspecified atom stereocenters. The highest BCUT2D eigenvalue weighted by atomic mass is 19.4. The zero-order chi connectivity index (χ0) is 46.6. The molecule has 354 valence electrons. The van der Waals surface area contributed by atoms with Crippen LogP contribution in [0.25, 0.3) is 5.57 Å². The number of rotatable bonds is 18. The SMILES string of the molecule is C.C.C=C(C)c1ccc(COc2ccc([C@H](CC(=O)O)c3ccon3)cc2)cc1OC(F)(F)F.CC(C)c1ccc(COc2ccc([C@H](CC(=O)O)c3ccon3)cc2)cc1OC(F)(F)F. The first-order valence-corrected chi connectivity index (χ1v) is 19.4. The molecule has 12 nitrogen and oxygen atoms in total. The molecule has 0 aliphatic rings. The Hall–Kier alpha value is -7.24. The standard InChI is InChI=1S/C23H22F3NO5.C23H20F3NO5.2CH4/c2*1-14(2)18-8-3-15(11-21(18)32-23(24,25)26)13-30-17-6-4-16(5-7-17)19(12-22(28)29)20-9-10-31-27-20;;/h3-11,14,19H,12-13H2,1-2H3,(H,28,29);3-11,19H,1,12-13H2,2H3,(H,28,29);2*1H4/t2*19-;;/m00../s1. The third-order valence-electron chi connectivity index (χ3n) is 9.42. The summed E-state index contributed by atoms with van der Waals surface area (Å²) in [7, 11) is 0. The van der Waals surface area contributed by atoms with E-state index >= 15 is 0 Å². The first kappa shape index (κ1) is 53.1. The number of aromatic nitrogens is 2. The summed E-state index contributed by atoms with van der Waals surface area (Å²) in [5.41, 5.74) is 4.57. The minimum Gasteiger partial charge on any atom is -0.489 e. The van der Waals surface area contributed by atoms with Gasteiger partial charge in [-0.25, -0.2) is 0 Å². The van der Waals surface area contributed by atoms with E-state index in [0.717, 1.165) is 5.56 Å². The number of carbonyl (C=O) groups is 2. The van der Waals surface area contributed by atoms with Crippen molar-refractivity contribution < 1.29 is 74.1 Å². The van der Waals surface area contributed by atoms with Crippen LogP contribution in [0.4, 0.5) is 26.3 Å². The molecule has 2 N–H and O–H groups in total. The molecule has 0 aliphatic carbocycles. The number of aliphatic carboxylic acids is 2. The van der Waals surface area contributed by atoms with Crippen LogP contribution in [-0.4, -0.2) is 45.2 Å². The zero-order valence-corrected chi connectivity index (χ0v) is 34.5. The van der Waals surface area contributed by atoms with Crippen LogP contribution in [0.5, 0.6) is 23.0 Å². The maximum Gasteiger partial charge on any atom is 0.573 e. The van der Waals surface area contributed by atoms with E-state index < -0.39 is 36.5 Å². The van der Waals surface area contributed by atoms with Crippen molar-refractivity contribution in [1.29, 1.82) is 0 Å². The van der Waals surface area contributed by atoms with E-state index in [4.69, 9.17) is 18.5 Å². The number of nitrogens with zero attached hydrogens (tertiary/aromatic N) is 2. The lowest BCUT2D eigenvalue weighted by molar-refractivity contribution is -0.275. The van der Waals surface area contributed by atoms with Crippen LogP contribution in [0.15, 0.2) is 125 Å². The van der Waals surface area contributed by atoms with Gasteiger partial charge in [0.1, 0.15) is 48.7 Å². The Labute approximate surface area is 377 Å². The molecule has 4 aromatic carbocycles. The van der Waals surface area contributed by atoms with E-state index in [2.05, 4.69) is 26.4 Å². The van der Waals surface area contributed by atoms with Crippen LogP contribution in [-0.2, 0) is 22.8 Å². The highest BCUT2D eigenvalue weighted by Gasteiger charge is 2.33. The van der Waals surface area contributed by atoms with Gasteiger partial charge < -0.3 is 38.2 Å². The highest BCUT2D eigenvalue weighted by molar-refractivity contribution is 5.69. The van der Waals surface area contributed by atoms with Gasteiger partial charge in [0.05, 0.1) is 24.2 Å². The molecule has 0 amide bonds. The lowest BCUT2D eigenvalue weighted by atomic mass is 9.92. The fraction of sp³-hybridized carbons (Fsp3) is 0.292. The van der Waals surface area contributed by atoms with Crippen LogP contribution >= 0.6 is 0 Å². The van der Waals surface area contributed by atoms with E-state index in [0.29, 0.717) is 50.7 Å². The quantitative estimate of drug-likeness (QED) is 0.0785. The average Bonchev–Trinajstić information content (AvgIpc) is 3.96. The number of allylic oxidation sites excluding steroid dienone is 1. The first-order chi connectivity index (χ1) is 30.2. The number of alkyl halides is 6. The van der Waals surface area contributed by atoms with Crippen LogP contribution in [0, 0.1) is 0 Å². The van der Waals surface area contributed by atoms with Crippen molar-refractivity contribution in [3.05, 3.63) is 161 Å². The van der Waals surface area contributed by atoms with Crippen LogP contribution in [0.2, 0.25) is 0 Å². The summed E-state index contributed by atoms with van der Waals surface area (Å²) in [6.07, 6.45) is -7.17. The van der Waals surface area contributed by atoms with Crippen LogP contribution in [0.1, 0.15) is 111 Å². The molecule has 2 atom stereocenters. The minimum atomic E-state index is -4.82. The van der Waals surface area contributed by atoms with Crippen molar-refractivity contribution in [3.63, 3.8) is 0 Å². The number of halogens is 6. The van der Waals surface area contributed by atoms with E-state index in [-0.39, 0.29) is 63.9 Å². The van der Waals surface area contributed by atoms with Crippen LogP contribution in [0.3, 0.4) is 0 Å². The third-order valence-corrected chi connectivity index (χ3v) is 9.42. The average molecular weight is 929 g/mol. The predicted octanol–water partition coefficient (Wildman–Crippen LogP) is 12.9. The van der Waals surface area contributed by atoms with Gasteiger partial charge in [-0.1, -0.05) is 94.1 Å². The monoisotopic (exact) mass is 928 g/mol. The molecule has 0 saturated carbocycles. The second kappa shape index (κ2) is 23.6. The van der Waals surface area contributed by atoms with Gasteiger partial charge in [0, 0.05) is 29.5 Å². The van der Waals surface area contributed by atoms with Gasteiger partial charge >= 0.3 is 24.7 Å². The molecule has 6 aromatic rings. The first-order valence-electron chi connectivity index (χ1n) is 19.4. The normalized spacial score (nSPS) is 12.0. The third kappa shape index (κ3) is 16.1. The van der Waals surface area contributed by atoms with E-state index in [1.807, 2.05) is 0 Å². The van der Waals surface area contributed by atoms with Crippen LogP contribution < -0.4 is 18.9 Å². The Kier molecular flexibility index (Phi) is 19.0. The summed E-state index contributed by atoms with van der Waals surface area (Å²) >= 11 is 0. The smallest absolute Gasteiger partial charge is 0.489 e. The largest absolute Gasteiger partial charge is 0.573 e. The second-order valence-corrected chi connectivity index (χ2v) is 14.6. The van der Waals surface area contributed by atoms with Crippen molar-refractivity contribution in [1.82, 2.24) is 10.3 Å². The van der Waals surface area contributed by atoms with Crippen molar-refractivity contribution in [2.24, 2.45) is 0 Å². The molecule has 2 aromatic heterocycles. The lowest BCUT2D eigenvalue weighted by Gasteiger charge is -2.17. The molecule has 0 radical (unpaired) electrons. The Morgan fingerprint density at radius 2 is 1.05 bits per heavy atom. The summed E-state index contributed by atoms with van der Waals surface area (Å²) in [5.74, 6) is -2.70. The van der Waals surface area contributed by atoms with Crippen molar-refractivity contribution in [2.45, 2.75) is 92.2 Å². The van der Waals surface area contributed by atoms with Crippen molar-refractivity contribution in [2.75, 3.05) is 0 Å². The van der Waals surface area contributed by atoms with E-state index in [1.165, 1.54) is 30.7 Å². The topological polar surface area (TPSA) is 164 Å². The maximum absolute atomic E-state index is 12.8. The fourth-order valence-corrected chi connectivity index (χ4v) is 6.44. The summed E-state index contributed by atoms with van der Waals surface area (Å²) in [6, 6.07) is 25.7. The molecule has 0 spiro atoms. The zero-order valence-electron chi connectivity index (χ0n) is 34.5. The number of hydrogen-bond acceptors (Lipinski definition) is 10. The molecule has 0 fully saturated rings. The number of benzene rings is 4. The molecule has 2 heterocycles. The molecular weight excluding hydrogens is 879 g/mol. The lowest BCUT2D eigenvalue weighted by Crippen LogP contribution is -2.18.